The van der Waals surface area contributed by atoms with Crippen LogP contribution < -0.4 is 5.73 Å². The molecule has 0 aromatic carbocycles. The van der Waals surface area contributed by atoms with Crippen LogP contribution in [0.4, 0.5) is 5.82 Å². The summed E-state index contributed by atoms with van der Waals surface area (Å²) in [7, 11) is 0. The van der Waals surface area contributed by atoms with Gasteiger partial charge in [0.2, 0.25) is 0 Å². The molecular formula is C10H14N4S. The molecule has 1 heterocycles. The average Bonchev–Trinajstić information content (AvgIpc) is 2.16. The molecule has 0 aliphatic heterocycles. The standard InChI is InChI=1S/C10H14N4S/c1-6(2)4-8-7(5-11)9(12)14-10(13-8)15-3/h6H,4H2,1-3H3,(H2,12,13,14). The van der Waals surface area contributed by atoms with E-state index >= 15 is 0 Å². The van der Waals surface area contributed by atoms with E-state index in [0.29, 0.717) is 16.6 Å². The highest BCUT2D eigenvalue weighted by molar-refractivity contribution is 7.98. The molecule has 0 aliphatic rings. The first kappa shape index (κ1) is 11.8. The number of rotatable bonds is 3. The zero-order valence-corrected chi connectivity index (χ0v) is 9.93. The van der Waals surface area contributed by atoms with E-state index in [4.69, 9.17) is 11.0 Å². The molecule has 5 heteroatoms. The van der Waals surface area contributed by atoms with Gasteiger partial charge in [-0.1, -0.05) is 25.6 Å². The molecule has 15 heavy (non-hydrogen) atoms. The molecule has 4 nitrogen and oxygen atoms in total. The molecule has 1 rings (SSSR count). The summed E-state index contributed by atoms with van der Waals surface area (Å²) in [4.78, 5) is 8.35. The lowest BCUT2D eigenvalue weighted by molar-refractivity contribution is 0.627. The van der Waals surface area contributed by atoms with Gasteiger partial charge in [0, 0.05) is 0 Å². The Kier molecular flexibility index (Phi) is 3.92. The van der Waals surface area contributed by atoms with Crippen molar-refractivity contribution in [2.24, 2.45) is 5.92 Å². The van der Waals surface area contributed by atoms with Crippen molar-refractivity contribution in [2.75, 3.05) is 12.0 Å². The molecule has 0 bridgehead atoms. The fraction of sp³-hybridized carbons (Fsp3) is 0.500. The molecule has 0 unspecified atom stereocenters. The highest BCUT2D eigenvalue weighted by atomic mass is 32.2. The third kappa shape index (κ3) is 2.83. The van der Waals surface area contributed by atoms with Crippen molar-refractivity contribution in [3.8, 4) is 6.07 Å². The van der Waals surface area contributed by atoms with Crippen LogP contribution in [0.15, 0.2) is 5.16 Å². The highest BCUT2D eigenvalue weighted by Crippen LogP contribution is 2.19. The zero-order valence-electron chi connectivity index (χ0n) is 9.11. The number of nitrogens with zero attached hydrogens (tertiary/aromatic N) is 3. The minimum Gasteiger partial charge on any atom is -0.382 e. The summed E-state index contributed by atoms with van der Waals surface area (Å²) in [5.41, 5.74) is 6.87. The van der Waals surface area contributed by atoms with Gasteiger partial charge in [0.05, 0.1) is 5.69 Å². The average molecular weight is 222 g/mol. The van der Waals surface area contributed by atoms with Crippen LogP contribution in [0.25, 0.3) is 0 Å². The second-order valence-corrected chi connectivity index (χ2v) is 4.40. The van der Waals surface area contributed by atoms with Gasteiger partial charge in [0.1, 0.15) is 17.5 Å². The van der Waals surface area contributed by atoms with E-state index in [-0.39, 0.29) is 5.82 Å². The zero-order chi connectivity index (χ0) is 11.4. The van der Waals surface area contributed by atoms with Gasteiger partial charge in [-0.3, -0.25) is 0 Å². The summed E-state index contributed by atoms with van der Waals surface area (Å²) in [6, 6.07) is 2.06. The molecule has 0 atom stereocenters. The Balaban J connectivity index is 3.21. The van der Waals surface area contributed by atoms with Crippen LogP contribution in [-0.4, -0.2) is 16.2 Å². The predicted octanol–water partition coefficient (Wildman–Crippen LogP) is 1.85. The predicted molar refractivity (Wildman–Crippen MR) is 61.5 cm³/mol. The van der Waals surface area contributed by atoms with Crippen LogP contribution in [0.2, 0.25) is 0 Å². The molecule has 0 radical (unpaired) electrons. The van der Waals surface area contributed by atoms with Gasteiger partial charge < -0.3 is 5.73 Å². The number of hydrogen-bond acceptors (Lipinski definition) is 5. The Hall–Kier alpha value is -1.28. The maximum atomic E-state index is 8.96. The van der Waals surface area contributed by atoms with E-state index in [0.717, 1.165) is 12.1 Å². The summed E-state index contributed by atoms with van der Waals surface area (Å²) >= 11 is 1.43. The number of nitrogen functional groups attached to an aromatic ring is 1. The molecular weight excluding hydrogens is 208 g/mol. The Bertz CT molecular complexity index is 395. The highest BCUT2D eigenvalue weighted by Gasteiger charge is 2.12. The van der Waals surface area contributed by atoms with Crippen molar-refractivity contribution in [2.45, 2.75) is 25.4 Å². The lowest BCUT2D eigenvalue weighted by Gasteiger charge is -2.08. The van der Waals surface area contributed by atoms with Crippen molar-refractivity contribution in [1.29, 1.82) is 5.26 Å². The minimum atomic E-state index is 0.285. The topological polar surface area (TPSA) is 75.6 Å². The molecule has 2 N–H and O–H groups in total. The van der Waals surface area contributed by atoms with Crippen LogP contribution in [0.3, 0.4) is 0 Å². The summed E-state index contributed by atoms with van der Waals surface area (Å²) in [5.74, 6) is 0.730. The Morgan fingerprint density at radius 2 is 2.13 bits per heavy atom. The van der Waals surface area contributed by atoms with E-state index in [1.54, 1.807) is 0 Å². The first-order valence-corrected chi connectivity index (χ1v) is 5.91. The molecule has 0 amide bonds. The normalized spacial score (nSPS) is 10.3. The summed E-state index contributed by atoms with van der Waals surface area (Å²) in [5, 5.41) is 9.59. The van der Waals surface area contributed by atoms with Crippen LogP contribution in [0.5, 0.6) is 0 Å². The summed E-state index contributed by atoms with van der Waals surface area (Å²) < 4.78 is 0. The first-order valence-electron chi connectivity index (χ1n) is 4.69. The van der Waals surface area contributed by atoms with Crippen LogP contribution in [0, 0.1) is 17.2 Å². The van der Waals surface area contributed by atoms with Gasteiger partial charge in [0.25, 0.3) is 0 Å². The second-order valence-electron chi connectivity index (χ2n) is 3.63. The number of aromatic nitrogens is 2. The van der Waals surface area contributed by atoms with E-state index in [2.05, 4.69) is 29.9 Å². The van der Waals surface area contributed by atoms with E-state index in [9.17, 15) is 0 Å². The van der Waals surface area contributed by atoms with Gasteiger partial charge in [0.15, 0.2) is 5.16 Å². The molecule has 80 valence electrons. The van der Waals surface area contributed by atoms with Gasteiger partial charge in [-0.2, -0.15) is 5.26 Å². The van der Waals surface area contributed by atoms with E-state index in [1.807, 2.05) is 6.26 Å². The van der Waals surface area contributed by atoms with Crippen LogP contribution in [0.1, 0.15) is 25.1 Å². The number of hydrogen-bond donors (Lipinski definition) is 1. The third-order valence-corrected chi connectivity index (χ3v) is 2.44. The molecule has 1 aromatic rings. The Labute approximate surface area is 93.9 Å². The SMILES string of the molecule is CSc1nc(N)c(C#N)c(CC(C)C)n1. The van der Waals surface area contributed by atoms with Crippen molar-refractivity contribution >= 4 is 17.6 Å². The van der Waals surface area contributed by atoms with Crippen molar-refractivity contribution in [3.63, 3.8) is 0 Å². The second kappa shape index (κ2) is 4.99. The molecule has 0 aliphatic carbocycles. The molecule has 0 spiro atoms. The fourth-order valence-corrected chi connectivity index (χ4v) is 1.64. The number of nitrogens with two attached hydrogens (primary N) is 1. The number of nitriles is 1. The largest absolute Gasteiger partial charge is 0.382 e. The molecule has 0 saturated heterocycles. The van der Waals surface area contributed by atoms with Gasteiger partial charge >= 0.3 is 0 Å². The maximum absolute atomic E-state index is 8.96. The number of thioether (sulfide) groups is 1. The monoisotopic (exact) mass is 222 g/mol. The molecule has 0 fully saturated rings. The Morgan fingerprint density at radius 1 is 1.47 bits per heavy atom. The van der Waals surface area contributed by atoms with Crippen molar-refractivity contribution in [1.82, 2.24) is 9.97 Å². The van der Waals surface area contributed by atoms with Gasteiger partial charge in [-0.15, -0.1) is 0 Å². The molecule has 0 saturated carbocycles. The van der Waals surface area contributed by atoms with Crippen molar-refractivity contribution in [3.05, 3.63) is 11.3 Å². The van der Waals surface area contributed by atoms with Gasteiger partial charge in [-0.25, -0.2) is 9.97 Å². The third-order valence-electron chi connectivity index (χ3n) is 1.89. The lowest BCUT2D eigenvalue weighted by atomic mass is 10.0. The number of anilines is 1. The van der Waals surface area contributed by atoms with E-state index in [1.165, 1.54) is 11.8 Å². The minimum absolute atomic E-state index is 0.285. The maximum Gasteiger partial charge on any atom is 0.189 e. The Morgan fingerprint density at radius 3 is 2.60 bits per heavy atom. The summed E-state index contributed by atoms with van der Waals surface area (Å²) in [6.07, 6.45) is 2.64. The van der Waals surface area contributed by atoms with E-state index < -0.39 is 0 Å². The van der Waals surface area contributed by atoms with Crippen LogP contribution in [-0.2, 0) is 6.42 Å². The smallest absolute Gasteiger partial charge is 0.189 e. The van der Waals surface area contributed by atoms with Crippen molar-refractivity contribution < 1.29 is 0 Å². The van der Waals surface area contributed by atoms with Gasteiger partial charge in [-0.05, 0) is 18.6 Å². The first-order chi connectivity index (χ1) is 7.08. The summed E-state index contributed by atoms with van der Waals surface area (Å²) in [6.45, 7) is 4.16. The quantitative estimate of drug-likeness (QED) is 0.624. The fourth-order valence-electron chi connectivity index (χ4n) is 1.25. The molecule has 1 aromatic heterocycles. The lowest BCUT2D eigenvalue weighted by Crippen LogP contribution is -2.07. The van der Waals surface area contributed by atoms with Crippen LogP contribution >= 0.6 is 11.8 Å².